The molecule has 1 fully saturated rings. The molecule has 20 heavy (non-hydrogen) atoms. The molecule has 0 bridgehead atoms. The number of fused-ring (bicyclic) bond motifs is 1. The highest BCUT2D eigenvalue weighted by Gasteiger charge is 2.20. The van der Waals surface area contributed by atoms with Gasteiger partial charge in [-0.1, -0.05) is 0 Å². The second-order valence-corrected chi connectivity index (χ2v) is 6.34. The van der Waals surface area contributed by atoms with Crippen LogP contribution in [0, 0.1) is 6.92 Å². The molecule has 2 aromatic heterocycles. The lowest BCUT2D eigenvalue weighted by Gasteiger charge is -2.22. The normalized spacial score (nSPS) is 18.6. The van der Waals surface area contributed by atoms with Crippen molar-refractivity contribution in [1.29, 1.82) is 0 Å². The fourth-order valence-electron chi connectivity index (χ4n) is 2.56. The van der Waals surface area contributed by atoms with Crippen molar-refractivity contribution in [2.75, 3.05) is 30.5 Å². The van der Waals surface area contributed by atoms with Crippen molar-refractivity contribution in [2.24, 2.45) is 5.84 Å². The van der Waals surface area contributed by atoms with E-state index in [2.05, 4.69) is 33.3 Å². The van der Waals surface area contributed by atoms with Crippen molar-refractivity contribution in [3.8, 4) is 0 Å². The zero-order chi connectivity index (χ0) is 14.1. The maximum absolute atomic E-state index is 5.70. The predicted molar refractivity (Wildman–Crippen MR) is 82.2 cm³/mol. The number of hydrogen-bond acceptors (Lipinski definition) is 7. The van der Waals surface area contributed by atoms with Crippen LogP contribution in [0.25, 0.3) is 10.2 Å². The lowest BCUT2D eigenvalue weighted by atomic mass is 10.2. The van der Waals surface area contributed by atoms with E-state index in [1.807, 2.05) is 7.05 Å². The summed E-state index contributed by atoms with van der Waals surface area (Å²) in [5, 5.41) is 1.08. The number of hydrogen-bond donors (Lipinski definition) is 2. The summed E-state index contributed by atoms with van der Waals surface area (Å²) >= 11 is 1.65. The van der Waals surface area contributed by atoms with Crippen molar-refractivity contribution in [2.45, 2.75) is 25.9 Å². The molecule has 0 aliphatic carbocycles. The Morgan fingerprint density at radius 2 is 2.40 bits per heavy atom. The molecular weight excluding hydrogens is 274 g/mol. The van der Waals surface area contributed by atoms with E-state index >= 15 is 0 Å². The second kappa shape index (κ2) is 5.51. The molecule has 1 atom stereocenters. The van der Waals surface area contributed by atoms with E-state index in [9.17, 15) is 0 Å². The maximum atomic E-state index is 5.70. The summed E-state index contributed by atoms with van der Waals surface area (Å²) in [6.45, 7) is 3.78. The van der Waals surface area contributed by atoms with Gasteiger partial charge >= 0.3 is 0 Å². The molecule has 0 spiro atoms. The number of rotatable bonds is 4. The van der Waals surface area contributed by atoms with E-state index in [1.54, 1.807) is 11.3 Å². The smallest absolute Gasteiger partial charge is 0.240 e. The Bertz CT molecular complexity index is 608. The van der Waals surface area contributed by atoms with Crippen LogP contribution in [0.4, 0.5) is 11.8 Å². The lowest BCUT2D eigenvalue weighted by molar-refractivity contribution is 0.116. The first-order chi connectivity index (χ1) is 9.67. The first kappa shape index (κ1) is 13.5. The fraction of sp³-hybridized carbons (Fsp3) is 0.538. The highest BCUT2D eigenvalue weighted by Crippen LogP contribution is 2.31. The van der Waals surface area contributed by atoms with Crippen LogP contribution in [0.5, 0.6) is 0 Å². The first-order valence-electron chi connectivity index (χ1n) is 6.75. The standard InChI is InChI=1S/C13H19N5OS/c1-8-6-10-11(15-13(17-14)16-12(10)20-8)18(2)7-9-4-3-5-19-9/h6,9H,3-5,7,14H2,1-2H3,(H,15,16,17). The lowest BCUT2D eigenvalue weighted by Crippen LogP contribution is -2.29. The molecule has 7 heteroatoms. The molecule has 3 N–H and O–H groups in total. The minimum atomic E-state index is 0.291. The van der Waals surface area contributed by atoms with E-state index in [0.29, 0.717) is 12.1 Å². The molecule has 1 unspecified atom stereocenters. The van der Waals surface area contributed by atoms with Gasteiger partial charge in [-0.3, -0.25) is 5.43 Å². The van der Waals surface area contributed by atoms with Crippen LogP contribution < -0.4 is 16.2 Å². The van der Waals surface area contributed by atoms with Crippen LogP contribution >= 0.6 is 11.3 Å². The molecule has 1 aliphatic rings. The summed E-state index contributed by atoms with van der Waals surface area (Å²) in [5.74, 6) is 6.82. The SMILES string of the molecule is Cc1cc2c(N(C)CC3CCCO3)nc(NN)nc2s1. The minimum Gasteiger partial charge on any atom is -0.376 e. The molecular formula is C13H19N5OS. The number of likely N-dealkylation sites (N-methyl/N-ethyl adjacent to an activating group) is 1. The van der Waals surface area contributed by atoms with Gasteiger partial charge in [0.2, 0.25) is 5.95 Å². The summed E-state index contributed by atoms with van der Waals surface area (Å²) in [7, 11) is 2.04. The summed E-state index contributed by atoms with van der Waals surface area (Å²) in [6, 6.07) is 2.13. The third-order valence-electron chi connectivity index (χ3n) is 3.49. The molecule has 1 aliphatic heterocycles. The van der Waals surface area contributed by atoms with Gasteiger partial charge in [0.15, 0.2) is 0 Å². The Kier molecular flexibility index (Phi) is 3.73. The third kappa shape index (κ3) is 2.56. The summed E-state index contributed by atoms with van der Waals surface area (Å²) in [6.07, 6.45) is 2.55. The predicted octanol–water partition coefficient (Wildman–Crippen LogP) is 1.90. The summed E-state index contributed by atoms with van der Waals surface area (Å²) < 4.78 is 5.70. The van der Waals surface area contributed by atoms with Gasteiger partial charge in [-0.25, -0.2) is 10.8 Å². The zero-order valence-electron chi connectivity index (χ0n) is 11.7. The number of thiophene rings is 1. The molecule has 3 heterocycles. The van der Waals surface area contributed by atoms with Gasteiger partial charge < -0.3 is 9.64 Å². The molecule has 6 nitrogen and oxygen atoms in total. The molecule has 0 saturated carbocycles. The van der Waals surface area contributed by atoms with Gasteiger partial charge in [0.1, 0.15) is 10.6 Å². The van der Waals surface area contributed by atoms with Crippen LogP contribution in [-0.4, -0.2) is 36.3 Å². The van der Waals surface area contributed by atoms with E-state index < -0.39 is 0 Å². The molecule has 108 valence electrons. The van der Waals surface area contributed by atoms with E-state index in [4.69, 9.17) is 10.6 Å². The van der Waals surface area contributed by atoms with Crippen LogP contribution in [0.1, 0.15) is 17.7 Å². The Balaban J connectivity index is 1.95. The highest BCUT2D eigenvalue weighted by atomic mass is 32.1. The fourth-order valence-corrected chi connectivity index (χ4v) is 3.44. The Labute approximate surface area is 121 Å². The quantitative estimate of drug-likeness (QED) is 0.662. The molecule has 0 radical (unpaired) electrons. The molecule has 0 aromatic carbocycles. The Hall–Kier alpha value is -1.44. The van der Waals surface area contributed by atoms with Gasteiger partial charge in [0.25, 0.3) is 0 Å². The van der Waals surface area contributed by atoms with Crippen LogP contribution in [0.15, 0.2) is 6.07 Å². The second-order valence-electron chi connectivity index (χ2n) is 5.11. The van der Waals surface area contributed by atoms with Crippen molar-refractivity contribution in [3.05, 3.63) is 10.9 Å². The van der Waals surface area contributed by atoms with Gasteiger partial charge in [-0.2, -0.15) is 4.98 Å². The highest BCUT2D eigenvalue weighted by molar-refractivity contribution is 7.18. The molecule has 0 amide bonds. The van der Waals surface area contributed by atoms with Crippen LogP contribution in [0.2, 0.25) is 0 Å². The van der Waals surface area contributed by atoms with Gasteiger partial charge in [0, 0.05) is 25.1 Å². The van der Waals surface area contributed by atoms with Crippen LogP contribution in [-0.2, 0) is 4.74 Å². The number of aryl methyl sites for hydroxylation is 1. The average Bonchev–Trinajstić information content (AvgIpc) is 3.05. The Morgan fingerprint density at radius 1 is 1.55 bits per heavy atom. The number of nitrogen functional groups attached to an aromatic ring is 1. The number of nitrogens with zero attached hydrogens (tertiary/aromatic N) is 3. The van der Waals surface area contributed by atoms with Crippen molar-refractivity contribution >= 4 is 33.3 Å². The van der Waals surface area contributed by atoms with Crippen molar-refractivity contribution < 1.29 is 4.74 Å². The van der Waals surface area contributed by atoms with E-state index in [1.165, 1.54) is 4.88 Å². The summed E-state index contributed by atoms with van der Waals surface area (Å²) in [5.41, 5.74) is 2.54. The van der Waals surface area contributed by atoms with Crippen molar-refractivity contribution in [1.82, 2.24) is 9.97 Å². The van der Waals surface area contributed by atoms with E-state index in [0.717, 1.165) is 42.0 Å². The first-order valence-corrected chi connectivity index (χ1v) is 7.56. The summed E-state index contributed by atoms with van der Waals surface area (Å²) in [4.78, 5) is 13.2. The van der Waals surface area contributed by atoms with Gasteiger partial charge in [-0.15, -0.1) is 11.3 Å². The number of nitrogens with two attached hydrogens (primary N) is 1. The molecule has 2 aromatic rings. The molecule has 3 rings (SSSR count). The molecule has 1 saturated heterocycles. The topological polar surface area (TPSA) is 76.3 Å². The van der Waals surface area contributed by atoms with Crippen molar-refractivity contribution in [3.63, 3.8) is 0 Å². The number of anilines is 2. The minimum absolute atomic E-state index is 0.291. The zero-order valence-corrected chi connectivity index (χ0v) is 12.5. The van der Waals surface area contributed by atoms with Crippen LogP contribution in [0.3, 0.4) is 0 Å². The third-order valence-corrected chi connectivity index (χ3v) is 4.43. The Morgan fingerprint density at radius 3 is 3.10 bits per heavy atom. The number of nitrogens with one attached hydrogen (secondary N) is 1. The number of ether oxygens (including phenoxy) is 1. The number of hydrazine groups is 1. The maximum Gasteiger partial charge on any atom is 0.240 e. The largest absolute Gasteiger partial charge is 0.376 e. The average molecular weight is 293 g/mol. The van der Waals surface area contributed by atoms with E-state index in [-0.39, 0.29) is 0 Å². The monoisotopic (exact) mass is 293 g/mol. The van der Waals surface area contributed by atoms with Gasteiger partial charge in [0.05, 0.1) is 11.5 Å². The van der Waals surface area contributed by atoms with Gasteiger partial charge in [-0.05, 0) is 25.8 Å². The number of aromatic nitrogens is 2.